The van der Waals surface area contributed by atoms with E-state index >= 15 is 0 Å². The van der Waals surface area contributed by atoms with E-state index in [-0.39, 0.29) is 30.7 Å². The van der Waals surface area contributed by atoms with Gasteiger partial charge in [-0.25, -0.2) is 0 Å². The molecule has 1 saturated carbocycles. The first-order valence-corrected chi connectivity index (χ1v) is 12.1. The van der Waals surface area contributed by atoms with E-state index in [1.807, 2.05) is 30.0 Å². The molecule has 2 bridgehead atoms. The van der Waals surface area contributed by atoms with Crippen LogP contribution in [-0.4, -0.2) is 48.8 Å². The van der Waals surface area contributed by atoms with Crippen LogP contribution in [0.15, 0.2) is 54.6 Å². The Balaban J connectivity index is 1.53. The number of amides is 1. The zero-order chi connectivity index (χ0) is 22.3. The normalized spacial score (nSPS) is 25.1. The lowest BCUT2D eigenvalue weighted by Gasteiger charge is -2.37. The van der Waals surface area contributed by atoms with E-state index in [2.05, 4.69) is 48.6 Å². The lowest BCUT2D eigenvalue weighted by Crippen LogP contribution is -2.54. The SMILES string of the molecule is CCN1C(=O)COc2ccccc2C2CCC(CC2)OCC1C(C)NCc1ccccc1. The number of carbonyl (C=O) groups is 1. The van der Waals surface area contributed by atoms with Gasteiger partial charge in [0.15, 0.2) is 6.61 Å². The van der Waals surface area contributed by atoms with Crippen molar-refractivity contribution in [3.8, 4) is 5.75 Å². The Labute approximate surface area is 192 Å². The molecule has 0 spiro atoms. The van der Waals surface area contributed by atoms with Crippen LogP contribution in [0.5, 0.6) is 5.75 Å². The van der Waals surface area contributed by atoms with Crippen LogP contribution in [0.3, 0.4) is 0 Å². The summed E-state index contributed by atoms with van der Waals surface area (Å²) in [5.41, 5.74) is 2.47. The summed E-state index contributed by atoms with van der Waals surface area (Å²) in [5, 5.41) is 3.62. The Morgan fingerprint density at radius 2 is 1.75 bits per heavy atom. The van der Waals surface area contributed by atoms with Gasteiger partial charge in [-0.3, -0.25) is 4.79 Å². The van der Waals surface area contributed by atoms with Crippen molar-refractivity contribution in [2.75, 3.05) is 19.8 Å². The van der Waals surface area contributed by atoms with Crippen molar-refractivity contribution in [2.24, 2.45) is 0 Å². The highest BCUT2D eigenvalue weighted by Crippen LogP contribution is 2.38. The molecular weight excluding hydrogens is 400 g/mol. The van der Waals surface area contributed by atoms with Crippen LogP contribution in [0.4, 0.5) is 0 Å². The van der Waals surface area contributed by atoms with Crippen molar-refractivity contribution in [2.45, 2.75) is 70.2 Å². The van der Waals surface area contributed by atoms with E-state index in [4.69, 9.17) is 9.47 Å². The predicted molar refractivity (Wildman–Crippen MR) is 127 cm³/mol. The fourth-order valence-corrected chi connectivity index (χ4v) is 5.06. The summed E-state index contributed by atoms with van der Waals surface area (Å²) in [6.45, 7) is 6.18. The summed E-state index contributed by atoms with van der Waals surface area (Å²) in [7, 11) is 0. The fourth-order valence-electron chi connectivity index (χ4n) is 5.06. The van der Waals surface area contributed by atoms with Crippen molar-refractivity contribution in [1.29, 1.82) is 0 Å². The molecule has 5 nitrogen and oxygen atoms in total. The third-order valence-electron chi connectivity index (χ3n) is 7.00. The highest BCUT2D eigenvalue weighted by Gasteiger charge is 2.31. The average molecular weight is 437 g/mol. The van der Waals surface area contributed by atoms with Gasteiger partial charge in [-0.2, -0.15) is 0 Å². The minimum absolute atomic E-state index is 0.0101. The number of benzene rings is 2. The van der Waals surface area contributed by atoms with E-state index in [1.165, 1.54) is 11.1 Å². The van der Waals surface area contributed by atoms with Gasteiger partial charge < -0.3 is 19.7 Å². The van der Waals surface area contributed by atoms with Gasteiger partial charge >= 0.3 is 0 Å². The summed E-state index contributed by atoms with van der Waals surface area (Å²) in [5.74, 6) is 1.34. The van der Waals surface area contributed by atoms with Gasteiger partial charge in [0.2, 0.25) is 0 Å². The first-order valence-electron chi connectivity index (χ1n) is 12.1. The van der Waals surface area contributed by atoms with E-state index in [0.29, 0.717) is 19.1 Å². The maximum Gasteiger partial charge on any atom is 0.260 e. The van der Waals surface area contributed by atoms with Gasteiger partial charge in [-0.1, -0.05) is 48.5 Å². The maximum absolute atomic E-state index is 13.2. The molecule has 2 unspecified atom stereocenters. The van der Waals surface area contributed by atoms with E-state index < -0.39 is 0 Å². The van der Waals surface area contributed by atoms with Gasteiger partial charge in [-0.05, 0) is 62.6 Å². The zero-order valence-electron chi connectivity index (χ0n) is 19.3. The highest BCUT2D eigenvalue weighted by atomic mass is 16.5. The van der Waals surface area contributed by atoms with Crippen LogP contribution in [0, 0.1) is 0 Å². The van der Waals surface area contributed by atoms with E-state index in [1.54, 1.807) is 0 Å². The van der Waals surface area contributed by atoms with Crippen molar-refractivity contribution >= 4 is 5.91 Å². The second kappa shape index (κ2) is 11.0. The van der Waals surface area contributed by atoms with Crippen molar-refractivity contribution in [3.63, 3.8) is 0 Å². The van der Waals surface area contributed by atoms with E-state index in [0.717, 1.165) is 38.0 Å². The van der Waals surface area contributed by atoms with E-state index in [9.17, 15) is 4.79 Å². The molecule has 2 aromatic rings. The van der Waals surface area contributed by atoms with Gasteiger partial charge in [0, 0.05) is 19.1 Å². The lowest BCUT2D eigenvalue weighted by molar-refractivity contribution is -0.138. The molecule has 2 aliphatic heterocycles. The summed E-state index contributed by atoms with van der Waals surface area (Å²) < 4.78 is 12.5. The third-order valence-corrected chi connectivity index (χ3v) is 7.00. The Morgan fingerprint density at radius 3 is 2.50 bits per heavy atom. The number of carbonyl (C=O) groups excluding carboxylic acids is 1. The fraction of sp³-hybridized carbons (Fsp3) is 0.519. The Kier molecular flexibility index (Phi) is 7.82. The lowest BCUT2D eigenvalue weighted by atomic mass is 9.82. The molecule has 0 radical (unpaired) electrons. The molecule has 1 aliphatic carbocycles. The number of likely N-dealkylation sites (N-methyl/N-ethyl adjacent to an activating group) is 1. The second-order valence-electron chi connectivity index (χ2n) is 9.04. The Bertz CT molecular complexity index is 864. The average Bonchev–Trinajstić information content (AvgIpc) is 2.86. The predicted octanol–water partition coefficient (Wildman–Crippen LogP) is 4.52. The standard InChI is InChI=1S/C27H36N2O3/c1-3-29-25(20(2)28-17-21-9-5-4-6-10-21)18-31-23-15-13-22(14-16-23)24-11-7-8-12-26(24)32-19-27(29)30/h4-12,20,22-23,25,28H,3,13-19H2,1-2H3. The number of hydrogen-bond donors (Lipinski definition) is 1. The highest BCUT2D eigenvalue weighted by molar-refractivity contribution is 5.78. The largest absolute Gasteiger partial charge is 0.483 e. The molecule has 1 amide bonds. The van der Waals surface area contributed by atoms with Crippen molar-refractivity contribution in [3.05, 3.63) is 65.7 Å². The Hall–Kier alpha value is -2.37. The minimum atomic E-state index is -0.0477. The number of nitrogens with zero attached hydrogens (tertiary/aromatic N) is 1. The third kappa shape index (κ3) is 5.51. The smallest absolute Gasteiger partial charge is 0.260 e. The van der Waals surface area contributed by atoms with Crippen LogP contribution in [0.25, 0.3) is 0 Å². The molecule has 32 heavy (non-hydrogen) atoms. The monoisotopic (exact) mass is 436 g/mol. The first kappa shape index (κ1) is 22.8. The molecule has 2 atom stereocenters. The quantitative estimate of drug-likeness (QED) is 0.701. The van der Waals surface area contributed by atoms with Crippen molar-refractivity contribution in [1.82, 2.24) is 10.2 Å². The van der Waals surface area contributed by atoms with Crippen LogP contribution < -0.4 is 10.1 Å². The molecule has 0 aromatic heterocycles. The molecule has 172 valence electrons. The number of hydrogen-bond acceptors (Lipinski definition) is 4. The molecule has 2 heterocycles. The van der Waals surface area contributed by atoms with Crippen molar-refractivity contribution < 1.29 is 14.3 Å². The molecule has 1 N–H and O–H groups in total. The Morgan fingerprint density at radius 1 is 1.03 bits per heavy atom. The summed E-state index contributed by atoms with van der Waals surface area (Å²) in [6.07, 6.45) is 4.57. The van der Waals surface area contributed by atoms with Gasteiger partial charge in [0.05, 0.1) is 18.8 Å². The van der Waals surface area contributed by atoms with Crippen LogP contribution in [0.2, 0.25) is 0 Å². The summed E-state index contributed by atoms with van der Waals surface area (Å²) in [6, 6.07) is 18.6. The molecule has 2 aromatic carbocycles. The van der Waals surface area contributed by atoms with Crippen LogP contribution in [0.1, 0.15) is 56.6 Å². The van der Waals surface area contributed by atoms with Gasteiger partial charge in [-0.15, -0.1) is 0 Å². The second-order valence-corrected chi connectivity index (χ2v) is 9.04. The number of fused-ring (bicyclic) bond motifs is 8. The number of para-hydroxylation sites is 1. The first-order chi connectivity index (χ1) is 15.7. The van der Waals surface area contributed by atoms with Gasteiger partial charge in [0.25, 0.3) is 5.91 Å². The molecular formula is C27H36N2O3. The summed E-state index contributed by atoms with van der Waals surface area (Å²) in [4.78, 5) is 15.2. The number of rotatable bonds is 5. The number of ether oxygens (including phenoxy) is 2. The molecule has 0 saturated heterocycles. The topological polar surface area (TPSA) is 50.8 Å². The molecule has 1 fully saturated rings. The van der Waals surface area contributed by atoms with Gasteiger partial charge in [0.1, 0.15) is 5.75 Å². The molecule has 5 heteroatoms. The number of nitrogens with one attached hydrogen (secondary N) is 1. The summed E-state index contributed by atoms with van der Waals surface area (Å²) >= 11 is 0. The molecule has 5 rings (SSSR count). The maximum atomic E-state index is 13.2. The van der Waals surface area contributed by atoms with Crippen LogP contribution >= 0.6 is 0 Å². The molecule has 3 aliphatic rings. The minimum Gasteiger partial charge on any atom is -0.483 e. The van der Waals surface area contributed by atoms with Crippen LogP contribution in [-0.2, 0) is 16.1 Å². The zero-order valence-corrected chi connectivity index (χ0v) is 19.3.